The fourth-order valence-corrected chi connectivity index (χ4v) is 2.88. The summed E-state index contributed by atoms with van der Waals surface area (Å²) in [7, 11) is 1.37. The Labute approximate surface area is 76.6 Å². The maximum Gasteiger partial charge on any atom is 0.150 e. The second-order valence-corrected chi connectivity index (χ2v) is 3.98. The van der Waals surface area contributed by atoms with Crippen LogP contribution in [0.2, 0.25) is 0 Å². The summed E-state index contributed by atoms with van der Waals surface area (Å²) in [6.07, 6.45) is 3.08. The quantitative estimate of drug-likeness (QED) is 0.493. The third-order valence-corrected chi connectivity index (χ3v) is 3.47. The van der Waals surface area contributed by atoms with Crippen molar-refractivity contribution in [3.63, 3.8) is 0 Å². The van der Waals surface area contributed by atoms with Gasteiger partial charge in [-0.05, 0) is 25.2 Å². The second kappa shape index (κ2) is 3.32. The lowest BCUT2D eigenvalue weighted by Gasteiger charge is -2.32. The molecule has 2 bridgehead atoms. The molecule has 2 aliphatic rings. The lowest BCUT2D eigenvalue weighted by atomic mass is 9.91. The number of nitrogens with one attached hydrogen (secondary N) is 1. The normalized spacial score (nSPS) is 45.1. The predicted octanol–water partition coefficient (Wildman–Crippen LogP) is -0.136. The van der Waals surface area contributed by atoms with E-state index >= 15 is 0 Å². The number of hydrogen-bond acceptors (Lipinski definition) is 4. The van der Waals surface area contributed by atoms with Crippen molar-refractivity contribution in [2.45, 2.75) is 31.3 Å². The van der Waals surface area contributed by atoms with Gasteiger partial charge in [0.1, 0.15) is 12.1 Å². The van der Waals surface area contributed by atoms with Crippen molar-refractivity contribution in [3.8, 4) is 0 Å². The van der Waals surface area contributed by atoms with Crippen molar-refractivity contribution in [2.75, 3.05) is 7.11 Å². The number of hydroxylamine groups is 2. The van der Waals surface area contributed by atoms with E-state index in [2.05, 4.69) is 10.0 Å². The number of fused-ring (bicyclic) bond motifs is 2. The van der Waals surface area contributed by atoms with Gasteiger partial charge in [0.05, 0.1) is 7.11 Å². The smallest absolute Gasteiger partial charge is 0.150 e. The molecular formula is C8H14N2O3. The first-order chi connectivity index (χ1) is 6.27. The van der Waals surface area contributed by atoms with Crippen LogP contribution in [-0.4, -0.2) is 19.2 Å². The van der Waals surface area contributed by atoms with Crippen molar-refractivity contribution < 1.29 is 10.1 Å². The molecule has 2 saturated carbocycles. The summed E-state index contributed by atoms with van der Waals surface area (Å²) < 4.78 is 0. The Balaban J connectivity index is 2.12. The van der Waals surface area contributed by atoms with Crippen molar-refractivity contribution in [1.29, 1.82) is 0 Å². The SMILES string of the molecule is CO[NH+]([O-])C1C2CCC(C2)C1N=O. The largest absolute Gasteiger partial charge is 0.600 e. The standard InChI is InChI=1S/C8H14N2O3/c1-13-10(12)8-6-3-2-5(4-6)7(8)9-11/h5-8,10H,2-4H2,1H3. The minimum Gasteiger partial charge on any atom is -0.600 e. The number of nitrogens with zero attached hydrogens (tertiary/aromatic N) is 1. The molecular weight excluding hydrogens is 172 g/mol. The Kier molecular flexibility index (Phi) is 2.31. The molecule has 5 heteroatoms. The average Bonchev–Trinajstić information content (AvgIpc) is 2.74. The van der Waals surface area contributed by atoms with E-state index in [-0.39, 0.29) is 17.3 Å². The van der Waals surface area contributed by atoms with E-state index in [1.807, 2.05) is 0 Å². The third-order valence-electron chi connectivity index (χ3n) is 3.47. The summed E-state index contributed by atoms with van der Waals surface area (Å²) in [4.78, 5) is 15.3. The molecule has 0 aromatic heterocycles. The highest BCUT2D eigenvalue weighted by Gasteiger charge is 2.53. The van der Waals surface area contributed by atoms with Crippen LogP contribution in [0.4, 0.5) is 0 Å². The molecule has 5 atom stereocenters. The van der Waals surface area contributed by atoms with E-state index in [0.29, 0.717) is 11.8 Å². The van der Waals surface area contributed by atoms with Crippen LogP contribution in [0.5, 0.6) is 0 Å². The molecule has 2 rings (SSSR count). The summed E-state index contributed by atoms with van der Waals surface area (Å²) in [6, 6.07) is -0.563. The minimum atomic E-state index is -0.314. The Hall–Kier alpha value is -0.520. The molecule has 0 aromatic rings. The summed E-state index contributed by atoms with van der Waals surface area (Å²) >= 11 is 0. The van der Waals surface area contributed by atoms with Gasteiger partial charge in [-0.1, -0.05) is 5.18 Å². The molecule has 0 aliphatic heterocycles. The summed E-state index contributed by atoms with van der Waals surface area (Å²) in [5, 5.41) is 14.2. The highest BCUT2D eigenvalue weighted by atomic mass is 16.9. The molecule has 5 unspecified atom stereocenters. The van der Waals surface area contributed by atoms with Gasteiger partial charge < -0.3 is 5.21 Å². The molecule has 13 heavy (non-hydrogen) atoms. The molecule has 0 amide bonds. The zero-order valence-corrected chi connectivity index (χ0v) is 7.60. The number of quaternary nitrogens is 1. The van der Waals surface area contributed by atoms with Crippen LogP contribution < -0.4 is 5.23 Å². The van der Waals surface area contributed by atoms with Crippen LogP contribution in [0.15, 0.2) is 5.18 Å². The highest BCUT2D eigenvalue weighted by Crippen LogP contribution is 2.45. The Morgan fingerprint density at radius 2 is 2.15 bits per heavy atom. The van der Waals surface area contributed by atoms with Gasteiger partial charge in [-0.15, -0.1) is 0 Å². The summed E-state index contributed by atoms with van der Waals surface area (Å²) in [5.74, 6) is 0.687. The van der Waals surface area contributed by atoms with Crippen LogP contribution >= 0.6 is 0 Å². The molecule has 2 fully saturated rings. The summed E-state index contributed by atoms with van der Waals surface area (Å²) in [5.41, 5.74) is 0. The van der Waals surface area contributed by atoms with Crippen molar-refractivity contribution >= 4 is 0 Å². The fraction of sp³-hybridized carbons (Fsp3) is 1.00. The first-order valence-electron chi connectivity index (χ1n) is 4.68. The van der Waals surface area contributed by atoms with E-state index in [1.54, 1.807) is 0 Å². The van der Waals surface area contributed by atoms with Crippen LogP contribution in [0.3, 0.4) is 0 Å². The molecule has 0 spiro atoms. The first kappa shape index (κ1) is 9.05. The van der Waals surface area contributed by atoms with Crippen LogP contribution in [0.25, 0.3) is 0 Å². The fourth-order valence-electron chi connectivity index (χ4n) is 2.88. The van der Waals surface area contributed by atoms with E-state index in [4.69, 9.17) is 0 Å². The highest BCUT2D eigenvalue weighted by molar-refractivity contribution is 5.00. The molecule has 0 heterocycles. The van der Waals surface area contributed by atoms with E-state index in [0.717, 1.165) is 19.3 Å². The van der Waals surface area contributed by atoms with Crippen molar-refractivity contribution in [2.24, 2.45) is 17.0 Å². The monoisotopic (exact) mass is 186 g/mol. The Morgan fingerprint density at radius 1 is 1.46 bits per heavy atom. The number of nitroso groups, excluding NO2 is 1. The van der Waals surface area contributed by atoms with Crippen molar-refractivity contribution in [3.05, 3.63) is 10.1 Å². The van der Waals surface area contributed by atoms with E-state index < -0.39 is 0 Å². The van der Waals surface area contributed by atoms with Gasteiger partial charge in [-0.3, -0.25) is 0 Å². The average molecular weight is 186 g/mol. The molecule has 2 aliphatic carbocycles. The molecule has 0 saturated heterocycles. The molecule has 0 aromatic carbocycles. The third kappa shape index (κ3) is 1.27. The van der Waals surface area contributed by atoms with Gasteiger partial charge in [-0.2, -0.15) is 4.91 Å². The van der Waals surface area contributed by atoms with Gasteiger partial charge >= 0.3 is 0 Å². The van der Waals surface area contributed by atoms with E-state index in [9.17, 15) is 10.1 Å². The van der Waals surface area contributed by atoms with Gasteiger partial charge in [0.25, 0.3) is 0 Å². The van der Waals surface area contributed by atoms with Crippen LogP contribution in [-0.2, 0) is 4.84 Å². The predicted molar refractivity (Wildman–Crippen MR) is 45.5 cm³/mol. The lowest BCUT2D eigenvalue weighted by molar-refractivity contribution is -1.07. The second-order valence-electron chi connectivity index (χ2n) is 3.98. The first-order valence-corrected chi connectivity index (χ1v) is 4.68. The van der Waals surface area contributed by atoms with Gasteiger partial charge in [0.2, 0.25) is 0 Å². The van der Waals surface area contributed by atoms with Crippen molar-refractivity contribution in [1.82, 2.24) is 0 Å². The zero-order chi connectivity index (χ0) is 9.42. The number of hydrogen-bond donors (Lipinski definition) is 1. The molecule has 74 valence electrons. The van der Waals surface area contributed by atoms with E-state index in [1.165, 1.54) is 7.11 Å². The topological polar surface area (TPSA) is 66.2 Å². The Bertz CT molecular complexity index is 212. The minimum absolute atomic E-state index is 0.249. The number of rotatable bonds is 3. The van der Waals surface area contributed by atoms with Gasteiger partial charge in [0.15, 0.2) is 0 Å². The molecule has 0 radical (unpaired) electrons. The Morgan fingerprint density at radius 3 is 2.77 bits per heavy atom. The molecule has 5 nitrogen and oxygen atoms in total. The van der Waals surface area contributed by atoms with Gasteiger partial charge in [0, 0.05) is 5.92 Å². The van der Waals surface area contributed by atoms with Gasteiger partial charge in [-0.25, -0.2) is 10.1 Å². The van der Waals surface area contributed by atoms with Crippen LogP contribution in [0, 0.1) is 22.0 Å². The zero-order valence-electron chi connectivity index (χ0n) is 7.60. The molecule has 1 N–H and O–H groups in total. The maximum atomic E-state index is 11.4. The summed E-state index contributed by atoms with van der Waals surface area (Å²) in [6.45, 7) is 0. The van der Waals surface area contributed by atoms with Crippen LogP contribution in [0.1, 0.15) is 19.3 Å². The lowest BCUT2D eigenvalue weighted by Crippen LogP contribution is -3.12. The maximum absolute atomic E-state index is 11.4.